The Hall–Kier alpha value is -2.01. The predicted octanol–water partition coefficient (Wildman–Crippen LogP) is 5.09. The van der Waals surface area contributed by atoms with Crippen LogP contribution in [0.2, 0.25) is 0 Å². The maximum absolute atomic E-state index is 6.29. The van der Waals surface area contributed by atoms with Gasteiger partial charge in [0.05, 0.1) is 26.0 Å². The Morgan fingerprint density at radius 2 is 1.68 bits per heavy atom. The molecule has 0 aromatic heterocycles. The van der Waals surface area contributed by atoms with Crippen molar-refractivity contribution in [1.82, 2.24) is 0 Å². The quantitative estimate of drug-likeness (QED) is 0.229. The number of hydrogen-bond donors (Lipinski definition) is 0. The minimum atomic E-state index is 0.491. The van der Waals surface area contributed by atoms with E-state index in [0.717, 1.165) is 35.8 Å². The van der Waals surface area contributed by atoms with Crippen molar-refractivity contribution in [3.63, 3.8) is 0 Å². The first-order valence-electron chi connectivity index (χ1n) is 10.3. The highest BCUT2D eigenvalue weighted by Gasteiger charge is 2.26. The van der Waals surface area contributed by atoms with Gasteiger partial charge in [0, 0.05) is 0 Å². The van der Waals surface area contributed by atoms with E-state index in [4.69, 9.17) is 14.2 Å². The summed E-state index contributed by atoms with van der Waals surface area (Å²) in [7, 11) is 1.54. The van der Waals surface area contributed by atoms with Crippen LogP contribution >= 0.6 is 0 Å². The number of rotatable bonds is 11. The van der Waals surface area contributed by atoms with Crippen molar-refractivity contribution in [2.24, 2.45) is 17.0 Å². The molecule has 1 fully saturated rings. The van der Waals surface area contributed by atoms with Crippen LogP contribution in [-0.4, -0.2) is 39.8 Å². The zero-order valence-electron chi connectivity index (χ0n) is 17.8. The molecule has 0 heterocycles. The lowest BCUT2D eigenvalue weighted by atomic mass is 9.80. The summed E-state index contributed by atoms with van der Waals surface area (Å²) in [5, 5.41) is 3.71. The fraction of sp³-hybridized carbons (Fsp3) is 0.609. The summed E-state index contributed by atoms with van der Waals surface area (Å²) in [5.41, 5.74) is 2.24. The lowest BCUT2D eigenvalue weighted by Crippen LogP contribution is -2.29. The number of oxime groups is 1. The molecule has 2 unspecified atom stereocenters. The van der Waals surface area contributed by atoms with E-state index in [0.29, 0.717) is 25.0 Å². The molecule has 0 N–H and O–H groups in total. The van der Waals surface area contributed by atoms with E-state index in [1.807, 2.05) is 19.1 Å². The van der Waals surface area contributed by atoms with E-state index in [-0.39, 0.29) is 0 Å². The molecule has 1 aliphatic rings. The van der Waals surface area contributed by atoms with E-state index in [2.05, 4.69) is 36.0 Å². The van der Waals surface area contributed by atoms with Crippen LogP contribution in [0.15, 0.2) is 29.4 Å². The predicted molar refractivity (Wildman–Crippen MR) is 113 cm³/mol. The molecule has 0 bridgehead atoms. The highest BCUT2D eigenvalue weighted by atomic mass is 16.6. The SMILES string of the molecule is C/C=C/COc1cc(C)c(OCC2CCCCC2COCC=NOC)c(C)c1. The lowest BCUT2D eigenvalue weighted by Gasteiger charge is -2.31. The van der Waals surface area contributed by atoms with Gasteiger partial charge in [-0.15, -0.1) is 0 Å². The fourth-order valence-corrected chi connectivity index (χ4v) is 3.75. The Morgan fingerprint density at radius 3 is 2.32 bits per heavy atom. The van der Waals surface area contributed by atoms with E-state index >= 15 is 0 Å². The van der Waals surface area contributed by atoms with Gasteiger partial charge in [-0.2, -0.15) is 0 Å². The summed E-state index contributed by atoms with van der Waals surface area (Å²) in [6.45, 7) is 8.73. The van der Waals surface area contributed by atoms with Crippen molar-refractivity contribution in [2.45, 2.75) is 46.5 Å². The lowest BCUT2D eigenvalue weighted by molar-refractivity contribution is 0.0587. The third-order valence-electron chi connectivity index (χ3n) is 5.23. The van der Waals surface area contributed by atoms with Crippen LogP contribution < -0.4 is 9.47 Å². The number of benzene rings is 1. The van der Waals surface area contributed by atoms with Gasteiger partial charge in [0.25, 0.3) is 0 Å². The summed E-state index contributed by atoms with van der Waals surface area (Å²) in [6, 6.07) is 4.12. The minimum Gasteiger partial charge on any atom is -0.493 e. The number of allylic oxidation sites excluding steroid dienone is 1. The molecule has 1 aromatic carbocycles. The van der Waals surface area contributed by atoms with Gasteiger partial charge in [0.15, 0.2) is 0 Å². The fourth-order valence-electron chi connectivity index (χ4n) is 3.75. The van der Waals surface area contributed by atoms with Gasteiger partial charge in [-0.05, 0) is 68.7 Å². The molecule has 2 rings (SSSR count). The number of hydrogen-bond acceptors (Lipinski definition) is 5. The first-order chi connectivity index (χ1) is 13.7. The summed E-state index contributed by atoms with van der Waals surface area (Å²) < 4.78 is 17.8. The monoisotopic (exact) mass is 389 g/mol. The average molecular weight is 390 g/mol. The molecule has 0 aliphatic heterocycles. The van der Waals surface area contributed by atoms with Gasteiger partial charge in [-0.25, -0.2) is 0 Å². The molecule has 2 atom stereocenters. The third kappa shape index (κ3) is 7.19. The molecular weight excluding hydrogens is 354 g/mol. The number of aryl methyl sites for hydroxylation is 2. The van der Waals surface area contributed by atoms with Gasteiger partial charge in [0.1, 0.15) is 25.2 Å². The Balaban J connectivity index is 1.90. The van der Waals surface area contributed by atoms with Gasteiger partial charge in [-0.3, -0.25) is 0 Å². The van der Waals surface area contributed by atoms with Gasteiger partial charge < -0.3 is 19.0 Å². The zero-order valence-corrected chi connectivity index (χ0v) is 17.8. The molecule has 28 heavy (non-hydrogen) atoms. The number of nitrogens with zero attached hydrogens (tertiary/aromatic N) is 1. The minimum absolute atomic E-state index is 0.491. The van der Waals surface area contributed by atoms with Gasteiger partial charge in [-0.1, -0.05) is 30.1 Å². The largest absolute Gasteiger partial charge is 0.493 e. The second-order valence-electron chi connectivity index (χ2n) is 7.39. The Labute approximate surface area is 169 Å². The molecule has 1 aliphatic carbocycles. The van der Waals surface area contributed by atoms with Gasteiger partial charge >= 0.3 is 0 Å². The molecule has 0 amide bonds. The highest BCUT2D eigenvalue weighted by molar-refractivity contribution is 5.57. The van der Waals surface area contributed by atoms with Crippen molar-refractivity contribution in [3.8, 4) is 11.5 Å². The Kier molecular flexibility index (Phi) is 9.91. The molecule has 156 valence electrons. The molecule has 1 saturated carbocycles. The van der Waals surface area contributed by atoms with Crippen molar-refractivity contribution in [1.29, 1.82) is 0 Å². The second kappa shape index (κ2) is 12.4. The van der Waals surface area contributed by atoms with Crippen LogP contribution in [0.1, 0.15) is 43.7 Å². The average Bonchev–Trinajstić information content (AvgIpc) is 2.68. The van der Waals surface area contributed by atoms with Crippen LogP contribution in [-0.2, 0) is 9.57 Å². The van der Waals surface area contributed by atoms with Crippen molar-refractivity contribution in [3.05, 3.63) is 35.4 Å². The molecule has 0 saturated heterocycles. The standard InChI is InChI=1S/C23H35NO4/c1-5-6-12-27-22-14-18(2)23(19(3)15-22)28-17-21-10-8-7-9-20(21)16-26-13-11-24-25-4/h5-6,11,14-15,20-21H,7-10,12-13,16-17H2,1-4H3/b6-5+,24-11?. The summed E-state index contributed by atoms with van der Waals surface area (Å²) in [4.78, 5) is 4.66. The number of ether oxygens (including phenoxy) is 3. The van der Waals surface area contributed by atoms with E-state index < -0.39 is 0 Å². The molecule has 0 spiro atoms. The normalized spacial score (nSPS) is 20.0. The van der Waals surface area contributed by atoms with Crippen LogP contribution in [0.3, 0.4) is 0 Å². The maximum atomic E-state index is 6.29. The topological polar surface area (TPSA) is 49.3 Å². The molecule has 0 radical (unpaired) electrons. The van der Waals surface area contributed by atoms with Crippen molar-refractivity contribution in [2.75, 3.05) is 33.5 Å². The van der Waals surface area contributed by atoms with Gasteiger partial charge in [0.2, 0.25) is 0 Å². The Bertz CT molecular complexity index is 618. The summed E-state index contributed by atoms with van der Waals surface area (Å²) in [5.74, 6) is 2.93. The summed E-state index contributed by atoms with van der Waals surface area (Å²) in [6.07, 6.45) is 10.6. The Morgan fingerprint density at radius 1 is 1.00 bits per heavy atom. The molecule has 5 heteroatoms. The molecular formula is C23H35NO4. The molecule has 1 aromatic rings. The van der Waals surface area contributed by atoms with Crippen LogP contribution in [0.5, 0.6) is 11.5 Å². The summed E-state index contributed by atoms with van der Waals surface area (Å²) >= 11 is 0. The smallest absolute Gasteiger partial charge is 0.125 e. The van der Waals surface area contributed by atoms with Crippen molar-refractivity contribution < 1.29 is 19.0 Å². The zero-order chi connectivity index (χ0) is 20.2. The first-order valence-corrected chi connectivity index (χ1v) is 10.3. The van der Waals surface area contributed by atoms with Crippen LogP contribution in [0, 0.1) is 25.7 Å². The van der Waals surface area contributed by atoms with Crippen molar-refractivity contribution >= 4 is 6.21 Å². The second-order valence-corrected chi connectivity index (χ2v) is 7.39. The van der Waals surface area contributed by atoms with E-state index in [9.17, 15) is 0 Å². The first kappa shape index (κ1) is 22.3. The van der Waals surface area contributed by atoms with E-state index in [1.165, 1.54) is 32.8 Å². The maximum Gasteiger partial charge on any atom is 0.125 e. The third-order valence-corrected chi connectivity index (χ3v) is 5.23. The highest BCUT2D eigenvalue weighted by Crippen LogP contribution is 2.33. The van der Waals surface area contributed by atoms with E-state index in [1.54, 1.807) is 6.21 Å². The van der Waals surface area contributed by atoms with Crippen LogP contribution in [0.25, 0.3) is 0 Å². The molecule has 5 nitrogen and oxygen atoms in total. The van der Waals surface area contributed by atoms with Crippen LogP contribution in [0.4, 0.5) is 0 Å².